The van der Waals surface area contributed by atoms with Crippen LogP contribution in [0.5, 0.6) is 0 Å². The van der Waals surface area contributed by atoms with Gasteiger partial charge in [0.15, 0.2) is 0 Å². The Morgan fingerprint density at radius 2 is 2.19 bits per heavy atom. The van der Waals surface area contributed by atoms with Crippen LogP contribution in [0.3, 0.4) is 0 Å². The third kappa shape index (κ3) is 6.18. The zero-order chi connectivity index (χ0) is 15.9. The predicted molar refractivity (Wildman–Crippen MR) is 80.6 cm³/mol. The van der Waals surface area contributed by atoms with E-state index in [-0.39, 0.29) is 23.6 Å². The Morgan fingerprint density at radius 3 is 2.81 bits per heavy atom. The van der Waals surface area contributed by atoms with E-state index < -0.39 is 4.92 Å². The summed E-state index contributed by atoms with van der Waals surface area (Å²) in [4.78, 5) is 21.9. The molecule has 0 spiro atoms. The van der Waals surface area contributed by atoms with Gasteiger partial charge in [-0.3, -0.25) is 14.9 Å². The molecule has 6 nitrogen and oxygen atoms in total. The molecular formula is C15H20N2O4. The van der Waals surface area contributed by atoms with Crippen LogP contribution in [0.15, 0.2) is 30.3 Å². The van der Waals surface area contributed by atoms with E-state index in [0.717, 1.165) is 0 Å². The van der Waals surface area contributed by atoms with E-state index in [2.05, 4.69) is 5.32 Å². The molecule has 0 aliphatic carbocycles. The van der Waals surface area contributed by atoms with Gasteiger partial charge < -0.3 is 10.4 Å². The molecule has 1 aromatic rings. The smallest absolute Gasteiger partial charge is 0.270 e. The molecule has 6 heteroatoms. The summed E-state index contributed by atoms with van der Waals surface area (Å²) in [6.07, 6.45) is 3.47. The Hall–Kier alpha value is -2.21. The van der Waals surface area contributed by atoms with Crippen molar-refractivity contribution in [1.29, 1.82) is 0 Å². The lowest BCUT2D eigenvalue weighted by atomic mass is 9.90. The lowest BCUT2D eigenvalue weighted by Crippen LogP contribution is -2.33. The van der Waals surface area contributed by atoms with Gasteiger partial charge in [-0.1, -0.05) is 26.0 Å². The van der Waals surface area contributed by atoms with Crippen LogP contribution >= 0.6 is 0 Å². The molecular weight excluding hydrogens is 272 g/mol. The molecule has 0 radical (unpaired) electrons. The molecule has 0 aliphatic rings. The van der Waals surface area contributed by atoms with E-state index >= 15 is 0 Å². The summed E-state index contributed by atoms with van der Waals surface area (Å²) in [6.45, 7) is 4.43. The zero-order valence-electron chi connectivity index (χ0n) is 12.2. The largest absolute Gasteiger partial charge is 0.396 e. The monoisotopic (exact) mass is 292 g/mol. The molecule has 1 aromatic carbocycles. The first-order valence-corrected chi connectivity index (χ1v) is 6.65. The van der Waals surface area contributed by atoms with Crippen LogP contribution < -0.4 is 5.32 Å². The van der Waals surface area contributed by atoms with Crippen LogP contribution in [-0.4, -0.2) is 29.1 Å². The number of nitro benzene ring substituents is 1. The van der Waals surface area contributed by atoms with Gasteiger partial charge in [-0.2, -0.15) is 0 Å². The Balaban J connectivity index is 2.58. The summed E-state index contributed by atoms with van der Waals surface area (Å²) in [6, 6.07) is 6.06. The van der Waals surface area contributed by atoms with E-state index in [4.69, 9.17) is 5.11 Å². The number of aliphatic hydroxyl groups is 1. The average Bonchev–Trinajstić information content (AvgIpc) is 2.43. The van der Waals surface area contributed by atoms with Gasteiger partial charge in [-0.05, 0) is 23.5 Å². The molecule has 0 heterocycles. The number of hydrogen-bond acceptors (Lipinski definition) is 4. The Bertz CT molecular complexity index is 538. The number of non-ortho nitro benzene ring substituents is 1. The van der Waals surface area contributed by atoms with E-state index in [1.807, 2.05) is 13.8 Å². The van der Waals surface area contributed by atoms with Crippen LogP contribution in [0.1, 0.15) is 25.8 Å². The maximum atomic E-state index is 11.7. The highest BCUT2D eigenvalue weighted by Crippen LogP contribution is 2.18. The normalized spacial score (nSPS) is 11.6. The fourth-order valence-corrected chi connectivity index (χ4v) is 1.69. The van der Waals surface area contributed by atoms with E-state index in [1.165, 1.54) is 24.3 Å². The molecule has 2 N–H and O–H groups in total. The molecule has 1 rings (SSSR count). The molecule has 114 valence electrons. The predicted octanol–water partition coefficient (Wildman–Crippen LogP) is 2.13. The molecule has 0 saturated carbocycles. The van der Waals surface area contributed by atoms with Crippen molar-refractivity contribution in [2.24, 2.45) is 5.41 Å². The fourth-order valence-electron chi connectivity index (χ4n) is 1.69. The van der Waals surface area contributed by atoms with Crippen LogP contribution in [-0.2, 0) is 4.79 Å². The number of amides is 1. The van der Waals surface area contributed by atoms with Crippen molar-refractivity contribution >= 4 is 17.7 Å². The van der Waals surface area contributed by atoms with Gasteiger partial charge >= 0.3 is 0 Å². The van der Waals surface area contributed by atoms with Crippen molar-refractivity contribution in [3.8, 4) is 0 Å². The van der Waals surface area contributed by atoms with E-state index in [9.17, 15) is 14.9 Å². The molecule has 0 atom stereocenters. The number of nitrogens with one attached hydrogen (secondary N) is 1. The van der Waals surface area contributed by atoms with Gasteiger partial charge in [-0.15, -0.1) is 0 Å². The standard InChI is InChI=1S/C15H20N2O4/c1-15(2,8-9-18)11-16-14(19)7-6-12-4-3-5-13(10-12)17(20)21/h3-7,10,18H,8-9,11H2,1-2H3,(H,16,19)/b7-6+. The topological polar surface area (TPSA) is 92.5 Å². The quantitative estimate of drug-likeness (QED) is 0.457. The SMILES string of the molecule is CC(C)(CCO)CNC(=O)/C=C/c1cccc([N+](=O)[O-])c1. The number of rotatable bonds is 7. The highest BCUT2D eigenvalue weighted by atomic mass is 16.6. The second-order valence-electron chi connectivity index (χ2n) is 5.54. The van der Waals surface area contributed by atoms with Crippen molar-refractivity contribution in [2.75, 3.05) is 13.2 Å². The minimum Gasteiger partial charge on any atom is -0.396 e. The first kappa shape index (κ1) is 16.8. The average molecular weight is 292 g/mol. The Labute approximate surface area is 123 Å². The van der Waals surface area contributed by atoms with Gasteiger partial charge in [0.05, 0.1) is 4.92 Å². The molecule has 0 fully saturated rings. The highest BCUT2D eigenvalue weighted by molar-refractivity contribution is 5.91. The number of nitrogens with zero attached hydrogens (tertiary/aromatic N) is 1. The van der Waals surface area contributed by atoms with Gasteiger partial charge in [0, 0.05) is 31.4 Å². The van der Waals surface area contributed by atoms with E-state index in [1.54, 1.807) is 12.1 Å². The summed E-state index contributed by atoms with van der Waals surface area (Å²) >= 11 is 0. The van der Waals surface area contributed by atoms with Crippen LogP contribution in [0, 0.1) is 15.5 Å². The van der Waals surface area contributed by atoms with Gasteiger partial charge in [0.1, 0.15) is 0 Å². The lowest BCUT2D eigenvalue weighted by molar-refractivity contribution is -0.384. The van der Waals surface area contributed by atoms with E-state index in [0.29, 0.717) is 18.5 Å². The molecule has 21 heavy (non-hydrogen) atoms. The first-order chi connectivity index (χ1) is 9.84. The van der Waals surface area contributed by atoms with Crippen LogP contribution in [0.2, 0.25) is 0 Å². The van der Waals surface area contributed by atoms with Gasteiger partial charge in [0.25, 0.3) is 5.69 Å². The number of carbonyl (C=O) groups is 1. The molecule has 0 aromatic heterocycles. The van der Waals surface area contributed by atoms with Crippen LogP contribution in [0.25, 0.3) is 6.08 Å². The van der Waals surface area contributed by atoms with Crippen molar-refractivity contribution in [3.63, 3.8) is 0 Å². The van der Waals surface area contributed by atoms with Crippen molar-refractivity contribution in [1.82, 2.24) is 5.32 Å². The summed E-state index contributed by atoms with van der Waals surface area (Å²) in [5.74, 6) is -0.271. The fraction of sp³-hybridized carbons (Fsp3) is 0.400. The minimum absolute atomic E-state index is 0.0124. The number of carbonyl (C=O) groups excluding carboxylic acids is 1. The van der Waals surface area contributed by atoms with Gasteiger partial charge in [-0.25, -0.2) is 0 Å². The summed E-state index contributed by atoms with van der Waals surface area (Å²) in [5, 5.41) is 22.3. The second kappa shape index (κ2) is 7.54. The summed E-state index contributed by atoms with van der Waals surface area (Å²) in [5.41, 5.74) is 0.402. The first-order valence-electron chi connectivity index (χ1n) is 6.65. The zero-order valence-corrected chi connectivity index (χ0v) is 12.2. The van der Waals surface area contributed by atoms with Crippen molar-refractivity contribution in [3.05, 3.63) is 46.0 Å². The molecule has 0 unspecified atom stereocenters. The lowest BCUT2D eigenvalue weighted by Gasteiger charge is -2.23. The molecule has 1 amide bonds. The molecule has 0 aliphatic heterocycles. The summed E-state index contributed by atoms with van der Waals surface area (Å²) in [7, 11) is 0. The highest BCUT2D eigenvalue weighted by Gasteiger charge is 2.17. The maximum Gasteiger partial charge on any atom is 0.270 e. The number of hydrogen-bond donors (Lipinski definition) is 2. The van der Waals surface area contributed by atoms with Crippen LogP contribution in [0.4, 0.5) is 5.69 Å². The number of benzene rings is 1. The molecule has 0 bridgehead atoms. The third-order valence-electron chi connectivity index (χ3n) is 3.04. The van der Waals surface area contributed by atoms with Crippen molar-refractivity contribution < 1.29 is 14.8 Å². The number of aliphatic hydroxyl groups excluding tert-OH is 1. The van der Waals surface area contributed by atoms with Gasteiger partial charge in [0.2, 0.25) is 5.91 Å². The second-order valence-corrected chi connectivity index (χ2v) is 5.54. The maximum absolute atomic E-state index is 11.7. The summed E-state index contributed by atoms with van der Waals surface area (Å²) < 4.78 is 0. The number of nitro groups is 1. The minimum atomic E-state index is -0.477. The third-order valence-corrected chi connectivity index (χ3v) is 3.04. The van der Waals surface area contributed by atoms with Crippen molar-refractivity contribution in [2.45, 2.75) is 20.3 Å². The Kier molecular flexibility index (Phi) is 6.05. The Morgan fingerprint density at radius 1 is 1.48 bits per heavy atom. The molecule has 0 saturated heterocycles.